The molecule has 2 aliphatic rings. The van der Waals surface area contributed by atoms with Gasteiger partial charge in [0.25, 0.3) is 11.7 Å². The number of aliphatic hydroxyl groups is 1. The minimum absolute atomic E-state index is 0.0450. The van der Waals surface area contributed by atoms with Crippen LogP contribution in [0.2, 0.25) is 0 Å². The molecule has 168 valence electrons. The van der Waals surface area contributed by atoms with Crippen molar-refractivity contribution in [2.24, 2.45) is 0 Å². The molecule has 1 fully saturated rings. The number of methoxy groups -OCH3 is 1. The zero-order valence-corrected chi connectivity index (χ0v) is 18.3. The molecule has 0 saturated carbocycles. The van der Waals surface area contributed by atoms with Gasteiger partial charge in [-0.25, -0.2) is 0 Å². The zero-order valence-electron chi connectivity index (χ0n) is 18.3. The van der Waals surface area contributed by atoms with E-state index in [1.807, 2.05) is 13.0 Å². The van der Waals surface area contributed by atoms with Crippen LogP contribution in [0.15, 0.2) is 70.9 Å². The summed E-state index contributed by atoms with van der Waals surface area (Å²) in [5.74, 6) is 0.327. The second-order valence-electron chi connectivity index (χ2n) is 8.23. The van der Waals surface area contributed by atoms with Crippen LogP contribution in [0.3, 0.4) is 0 Å². The Balaban J connectivity index is 1.62. The van der Waals surface area contributed by atoms with Gasteiger partial charge in [-0.1, -0.05) is 12.1 Å². The lowest BCUT2D eigenvalue weighted by Crippen LogP contribution is -2.29. The van der Waals surface area contributed by atoms with E-state index in [4.69, 9.17) is 13.9 Å². The van der Waals surface area contributed by atoms with Gasteiger partial charge in [0, 0.05) is 12.0 Å². The second kappa shape index (κ2) is 8.16. The average molecular weight is 445 g/mol. The molecule has 1 saturated heterocycles. The van der Waals surface area contributed by atoms with Gasteiger partial charge < -0.3 is 23.9 Å². The molecule has 2 aliphatic heterocycles. The summed E-state index contributed by atoms with van der Waals surface area (Å²) < 4.78 is 16.4. The van der Waals surface area contributed by atoms with E-state index >= 15 is 0 Å². The molecule has 0 radical (unpaired) electrons. The van der Waals surface area contributed by atoms with Gasteiger partial charge >= 0.3 is 0 Å². The first-order chi connectivity index (χ1) is 16.0. The van der Waals surface area contributed by atoms with Gasteiger partial charge in [0.15, 0.2) is 0 Å². The topological polar surface area (TPSA) is 89.2 Å². The number of hydrogen-bond donors (Lipinski definition) is 1. The van der Waals surface area contributed by atoms with E-state index in [-0.39, 0.29) is 24.0 Å². The first kappa shape index (κ1) is 20.9. The normalized spacial score (nSPS) is 21.2. The molecule has 1 aromatic heterocycles. The lowest BCUT2D eigenvalue weighted by atomic mass is 9.94. The number of aliphatic hydroxyl groups excluding tert-OH is 1. The van der Waals surface area contributed by atoms with Crippen LogP contribution in [0, 0.1) is 0 Å². The smallest absolute Gasteiger partial charge is 0.296 e. The van der Waals surface area contributed by atoms with Gasteiger partial charge in [-0.2, -0.15) is 0 Å². The van der Waals surface area contributed by atoms with Crippen molar-refractivity contribution < 1.29 is 28.6 Å². The Morgan fingerprint density at radius 3 is 2.64 bits per heavy atom. The number of ketones is 1. The average Bonchev–Trinajstić information content (AvgIpc) is 3.53. The van der Waals surface area contributed by atoms with Gasteiger partial charge in [0.2, 0.25) is 0 Å². The number of benzene rings is 2. The molecule has 3 heterocycles. The summed E-state index contributed by atoms with van der Waals surface area (Å²) in [6, 6.07) is 15.1. The highest BCUT2D eigenvalue weighted by Gasteiger charge is 2.46. The molecule has 0 aliphatic carbocycles. The molecule has 1 N–H and O–H groups in total. The lowest BCUT2D eigenvalue weighted by Gasteiger charge is -2.24. The SMILES string of the molecule is COc1ccc(C2/C(=C(/O)c3ccc4c(c3)CC(C)O4)C(=O)C(=O)N2Cc2ccco2)cc1. The van der Waals surface area contributed by atoms with Crippen LogP contribution in [0.25, 0.3) is 5.76 Å². The molecule has 7 heteroatoms. The summed E-state index contributed by atoms with van der Waals surface area (Å²) in [5, 5.41) is 11.3. The summed E-state index contributed by atoms with van der Waals surface area (Å²) in [6.07, 6.45) is 2.28. The standard InChI is InChI=1S/C26H23NO6/c1-15-12-18-13-17(7-10-21(18)33-15)24(28)22-23(16-5-8-19(31-2)9-6-16)27(26(30)25(22)29)14-20-4-3-11-32-20/h3-11,13,15,23,28H,12,14H2,1-2H3/b24-22-. The number of rotatable bonds is 5. The Kier molecular flexibility index (Phi) is 5.17. The molecular formula is C26H23NO6. The Morgan fingerprint density at radius 2 is 1.94 bits per heavy atom. The van der Waals surface area contributed by atoms with E-state index in [0.717, 1.165) is 11.3 Å². The molecule has 0 bridgehead atoms. The number of Topliss-reactive ketones (excluding diaryl/α,β-unsaturated/α-hetero) is 1. The quantitative estimate of drug-likeness (QED) is 0.359. The van der Waals surface area contributed by atoms with E-state index in [9.17, 15) is 14.7 Å². The number of ether oxygens (including phenoxy) is 2. The predicted octanol–water partition coefficient (Wildman–Crippen LogP) is 4.23. The van der Waals surface area contributed by atoms with Crippen LogP contribution in [0.5, 0.6) is 11.5 Å². The number of amides is 1. The molecule has 2 aromatic carbocycles. The van der Waals surface area contributed by atoms with Crippen molar-refractivity contribution in [1.29, 1.82) is 0 Å². The van der Waals surface area contributed by atoms with Gasteiger partial charge in [-0.15, -0.1) is 0 Å². The van der Waals surface area contributed by atoms with Crippen molar-refractivity contribution in [2.75, 3.05) is 7.11 Å². The van der Waals surface area contributed by atoms with Crippen molar-refractivity contribution in [3.8, 4) is 11.5 Å². The molecule has 5 rings (SSSR count). The maximum absolute atomic E-state index is 13.2. The third-order valence-electron chi connectivity index (χ3n) is 6.05. The number of fused-ring (bicyclic) bond motifs is 1. The monoisotopic (exact) mass is 445 g/mol. The maximum Gasteiger partial charge on any atom is 0.296 e. The van der Waals surface area contributed by atoms with Crippen molar-refractivity contribution in [1.82, 2.24) is 4.90 Å². The fourth-order valence-corrected chi connectivity index (χ4v) is 4.47. The van der Waals surface area contributed by atoms with Gasteiger partial charge in [0.1, 0.15) is 29.1 Å². The number of nitrogens with zero attached hydrogens (tertiary/aromatic N) is 1. The van der Waals surface area contributed by atoms with E-state index in [0.29, 0.717) is 29.1 Å². The van der Waals surface area contributed by atoms with Crippen LogP contribution >= 0.6 is 0 Å². The summed E-state index contributed by atoms with van der Waals surface area (Å²) in [6.45, 7) is 2.07. The van der Waals surface area contributed by atoms with E-state index in [2.05, 4.69) is 0 Å². The van der Waals surface area contributed by atoms with E-state index < -0.39 is 17.7 Å². The Hall–Kier alpha value is -4.00. The van der Waals surface area contributed by atoms with Gasteiger partial charge in [0.05, 0.1) is 31.5 Å². The summed E-state index contributed by atoms with van der Waals surface area (Å²) in [7, 11) is 1.57. The van der Waals surface area contributed by atoms with Crippen molar-refractivity contribution in [3.05, 3.63) is 88.9 Å². The number of carbonyl (C=O) groups excluding carboxylic acids is 2. The fourth-order valence-electron chi connectivity index (χ4n) is 4.47. The highest BCUT2D eigenvalue weighted by molar-refractivity contribution is 6.46. The van der Waals surface area contributed by atoms with Crippen LogP contribution in [0.1, 0.15) is 35.4 Å². The van der Waals surface area contributed by atoms with Crippen molar-refractivity contribution in [3.63, 3.8) is 0 Å². The Bertz CT molecular complexity index is 1240. The minimum atomic E-state index is -0.774. The number of likely N-dealkylation sites (tertiary alicyclic amines) is 1. The lowest BCUT2D eigenvalue weighted by molar-refractivity contribution is -0.140. The largest absolute Gasteiger partial charge is 0.507 e. The highest BCUT2D eigenvalue weighted by atomic mass is 16.5. The van der Waals surface area contributed by atoms with E-state index in [1.54, 1.807) is 55.6 Å². The summed E-state index contributed by atoms with van der Waals surface area (Å²) in [4.78, 5) is 27.6. The van der Waals surface area contributed by atoms with Crippen molar-refractivity contribution in [2.45, 2.75) is 32.0 Å². The first-order valence-electron chi connectivity index (χ1n) is 10.7. The molecular weight excluding hydrogens is 422 g/mol. The third kappa shape index (κ3) is 3.65. The van der Waals surface area contributed by atoms with Crippen LogP contribution in [-0.2, 0) is 22.6 Å². The molecule has 0 spiro atoms. The van der Waals surface area contributed by atoms with Crippen LogP contribution in [0.4, 0.5) is 0 Å². The zero-order chi connectivity index (χ0) is 23.1. The highest BCUT2D eigenvalue weighted by Crippen LogP contribution is 2.41. The number of hydrogen-bond acceptors (Lipinski definition) is 6. The van der Waals surface area contributed by atoms with Gasteiger partial charge in [-0.3, -0.25) is 9.59 Å². The molecule has 1 amide bonds. The van der Waals surface area contributed by atoms with Crippen molar-refractivity contribution >= 4 is 17.4 Å². The van der Waals surface area contributed by atoms with E-state index in [1.165, 1.54) is 11.2 Å². The van der Waals surface area contributed by atoms with Gasteiger partial charge in [-0.05, 0) is 60.5 Å². The third-order valence-corrected chi connectivity index (χ3v) is 6.05. The van der Waals surface area contributed by atoms with Crippen LogP contribution in [-0.4, -0.2) is 34.9 Å². The summed E-state index contributed by atoms with van der Waals surface area (Å²) >= 11 is 0. The molecule has 3 aromatic rings. The molecule has 33 heavy (non-hydrogen) atoms. The first-order valence-corrected chi connectivity index (χ1v) is 10.7. The summed E-state index contributed by atoms with van der Waals surface area (Å²) in [5.41, 5.74) is 2.16. The molecule has 2 atom stereocenters. The number of furan rings is 1. The van der Waals surface area contributed by atoms with Crippen LogP contribution < -0.4 is 9.47 Å². The molecule has 7 nitrogen and oxygen atoms in total. The fraction of sp³-hybridized carbons (Fsp3) is 0.231. The maximum atomic E-state index is 13.2. The Morgan fingerprint density at radius 1 is 1.15 bits per heavy atom. The minimum Gasteiger partial charge on any atom is -0.507 e. The predicted molar refractivity (Wildman–Crippen MR) is 120 cm³/mol. The Labute approximate surface area is 190 Å². The second-order valence-corrected chi connectivity index (χ2v) is 8.23. The number of carbonyl (C=O) groups is 2. The molecule has 2 unspecified atom stereocenters.